The van der Waals surface area contributed by atoms with Crippen molar-refractivity contribution in [2.45, 2.75) is 26.2 Å². The van der Waals surface area contributed by atoms with E-state index in [-0.39, 0.29) is 17.7 Å². The smallest absolute Gasteiger partial charge is 0.226 e. The van der Waals surface area contributed by atoms with E-state index in [0.29, 0.717) is 23.9 Å². The fourth-order valence-corrected chi connectivity index (χ4v) is 4.66. The van der Waals surface area contributed by atoms with Crippen molar-refractivity contribution >= 4 is 23.2 Å². The number of amides is 1. The highest BCUT2D eigenvalue weighted by atomic mass is 35.5. The first-order valence-corrected chi connectivity index (χ1v) is 12.4. The molecule has 6 nitrogen and oxygen atoms in total. The van der Waals surface area contributed by atoms with E-state index in [9.17, 15) is 4.79 Å². The molecule has 1 amide bonds. The van der Waals surface area contributed by atoms with E-state index in [1.807, 2.05) is 49.4 Å². The highest BCUT2D eigenvalue weighted by Gasteiger charge is 2.32. The minimum Gasteiger partial charge on any atom is -0.441 e. The highest BCUT2D eigenvalue weighted by Crippen LogP contribution is 2.28. The summed E-state index contributed by atoms with van der Waals surface area (Å²) in [6, 6.07) is 17.8. The van der Waals surface area contributed by atoms with Crippen molar-refractivity contribution in [1.29, 1.82) is 0 Å². The Hall–Kier alpha value is -2.83. The monoisotopic (exact) mass is 480 g/mol. The van der Waals surface area contributed by atoms with E-state index in [0.717, 1.165) is 49.5 Å². The number of halogens is 1. The maximum Gasteiger partial charge on any atom is 0.226 e. The number of carbonyl (C=O) groups excluding carboxylic acids is 1. The minimum atomic E-state index is -0.0248. The summed E-state index contributed by atoms with van der Waals surface area (Å²) >= 11 is 6.00. The molecule has 4 rings (SSSR count). The third-order valence-electron chi connectivity index (χ3n) is 6.55. The van der Waals surface area contributed by atoms with E-state index < -0.39 is 0 Å². The number of para-hydroxylation sites is 1. The Morgan fingerprint density at radius 3 is 2.74 bits per heavy atom. The van der Waals surface area contributed by atoms with Crippen LogP contribution in [0.25, 0.3) is 11.5 Å². The maximum absolute atomic E-state index is 13.0. The van der Waals surface area contributed by atoms with Gasteiger partial charge in [-0.25, -0.2) is 4.98 Å². The lowest BCUT2D eigenvalue weighted by molar-refractivity contribution is -0.127. The number of rotatable bonds is 9. The molecule has 0 saturated carbocycles. The Labute approximate surface area is 206 Å². The Morgan fingerprint density at radius 1 is 1.21 bits per heavy atom. The molecule has 2 heterocycles. The fraction of sp³-hybridized carbons (Fsp3) is 0.407. The number of oxazole rings is 1. The fourth-order valence-electron chi connectivity index (χ4n) is 4.53. The van der Waals surface area contributed by atoms with Crippen LogP contribution < -0.4 is 15.5 Å². The van der Waals surface area contributed by atoms with Gasteiger partial charge in [0.1, 0.15) is 5.76 Å². The van der Waals surface area contributed by atoms with Crippen molar-refractivity contribution in [2.24, 2.45) is 11.8 Å². The van der Waals surface area contributed by atoms with E-state index in [1.54, 1.807) is 0 Å². The molecule has 0 bridgehead atoms. The van der Waals surface area contributed by atoms with Gasteiger partial charge in [0.15, 0.2) is 0 Å². The van der Waals surface area contributed by atoms with Crippen LogP contribution in [0.5, 0.6) is 0 Å². The number of hydrogen-bond donors (Lipinski definition) is 2. The molecule has 1 aromatic heterocycles. The van der Waals surface area contributed by atoms with Gasteiger partial charge in [0.25, 0.3) is 0 Å². The summed E-state index contributed by atoms with van der Waals surface area (Å²) in [7, 11) is 2.08. The summed E-state index contributed by atoms with van der Waals surface area (Å²) in [5.74, 6) is 1.70. The second-order valence-corrected chi connectivity index (χ2v) is 9.43. The number of nitrogens with one attached hydrogen (secondary N) is 2. The molecule has 1 fully saturated rings. The molecule has 2 atom stereocenters. The van der Waals surface area contributed by atoms with Gasteiger partial charge in [-0.05, 0) is 81.6 Å². The average molecular weight is 481 g/mol. The van der Waals surface area contributed by atoms with E-state index in [4.69, 9.17) is 21.0 Å². The molecule has 0 aliphatic carbocycles. The molecular weight excluding hydrogens is 448 g/mol. The Bertz CT molecular complexity index is 1070. The van der Waals surface area contributed by atoms with Gasteiger partial charge in [0.2, 0.25) is 11.8 Å². The lowest BCUT2D eigenvalue weighted by Gasteiger charge is -2.31. The quantitative estimate of drug-likeness (QED) is 0.434. The molecule has 3 aromatic rings. The molecule has 180 valence electrons. The molecule has 2 aromatic carbocycles. The Morgan fingerprint density at radius 2 is 1.97 bits per heavy atom. The van der Waals surface area contributed by atoms with E-state index in [1.165, 1.54) is 5.69 Å². The molecule has 1 aliphatic rings. The summed E-state index contributed by atoms with van der Waals surface area (Å²) in [5, 5.41) is 7.30. The predicted molar refractivity (Wildman–Crippen MR) is 137 cm³/mol. The Kier molecular flexibility index (Phi) is 8.25. The standard InChI is InChI=1S/C27H33ClN4O2/c1-19-25(31-27(34-19)20-9-11-22(28)12-10-20)17-21-18-29-15-13-24(21)26(33)30-14-6-16-32(2)23-7-4-3-5-8-23/h3-5,7-12,21,24,29H,6,13-18H2,1-2H3,(H,30,33). The van der Waals surface area contributed by atoms with Crippen LogP contribution in [-0.4, -0.2) is 44.1 Å². The first-order chi connectivity index (χ1) is 16.5. The van der Waals surface area contributed by atoms with Gasteiger partial charge in [0.05, 0.1) is 5.69 Å². The highest BCUT2D eigenvalue weighted by molar-refractivity contribution is 6.30. The number of anilines is 1. The van der Waals surface area contributed by atoms with Crippen LogP contribution >= 0.6 is 11.6 Å². The summed E-state index contributed by atoms with van der Waals surface area (Å²) in [5.41, 5.74) is 3.00. The summed E-state index contributed by atoms with van der Waals surface area (Å²) in [6.45, 7) is 5.18. The van der Waals surface area contributed by atoms with Crippen LogP contribution in [0.15, 0.2) is 59.0 Å². The molecule has 0 radical (unpaired) electrons. The van der Waals surface area contributed by atoms with E-state index >= 15 is 0 Å². The number of hydrogen-bond acceptors (Lipinski definition) is 5. The number of nitrogens with zero attached hydrogens (tertiary/aromatic N) is 2. The van der Waals surface area contributed by atoms with Crippen LogP contribution in [0, 0.1) is 18.8 Å². The van der Waals surface area contributed by atoms with Crippen LogP contribution in [0.3, 0.4) is 0 Å². The van der Waals surface area contributed by atoms with Crippen molar-refractivity contribution in [2.75, 3.05) is 38.1 Å². The summed E-state index contributed by atoms with van der Waals surface area (Å²) in [4.78, 5) is 20.0. The Balaban J connectivity index is 1.31. The van der Waals surface area contributed by atoms with Crippen molar-refractivity contribution in [1.82, 2.24) is 15.6 Å². The molecule has 7 heteroatoms. The van der Waals surface area contributed by atoms with Gasteiger partial charge in [-0.1, -0.05) is 29.8 Å². The maximum atomic E-state index is 13.0. The van der Waals surface area contributed by atoms with Gasteiger partial charge in [-0.3, -0.25) is 4.79 Å². The SMILES string of the molecule is Cc1oc(-c2ccc(Cl)cc2)nc1CC1CNCCC1C(=O)NCCCN(C)c1ccccc1. The van der Waals surface area contributed by atoms with Gasteiger partial charge in [0, 0.05) is 42.3 Å². The summed E-state index contributed by atoms with van der Waals surface area (Å²) < 4.78 is 5.94. The molecule has 2 N–H and O–H groups in total. The first kappa shape index (κ1) is 24.3. The van der Waals surface area contributed by atoms with Crippen molar-refractivity contribution < 1.29 is 9.21 Å². The van der Waals surface area contributed by atoms with Crippen LogP contribution in [0.2, 0.25) is 5.02 Å². The van der Waals surface area contributed by atoms with Crippen molar-refractivity contribution in [3.8, 4) is 11.5 Å². The van der Waals surface area contributed by atoms with Gasteiger partial charge >= 0.3 is 0 Å². The molecule has 2 unspecified atom stereocenters. The minimum absolute atomic E-state index is 0.0248. The lowest BCUT2D eigenvalue weighted by atomic mass is 9.82. The predicted octanol–water partition coefficient (Wildman–Crippen LogP) is 4.71. The number of aromatic nitrogens is 1. The van der Waals surface area contributed by atoms with Gasteiger partial charge in [-0.2, -0.15) is 0 Å². The topological polar surface area (TPSA) is 70.4 Å². The summed E-state index contributed by atoms with van der Waals surface area (Å²) in [6.07, 6.45) is 2.45. The van der Waals surface area contributed by atoms with Crippen LogP contribution in [-0.2, 0) is 11.2 Å². The third-order valence-corrected chi connectivity index (χ3v) is 6.80. The molecular formula is C27H33ClN4O2. The van der Waals surface area contributed by atoms with Gasteiger partial charge < -0.3 is 20.0 Å². The number of aryl methyl sites for hydroxylation is 1. The zero-order valence-corrected chi connectivity index (χ0v) is 20.6. The van der Waals surface area contributed by atoms with Gasteiger partial charge in [-0.15, -0.1) is 0 Å². The van der Waals surface area contributed by atoms with E-state index in [2.05, 4.69) is 34.7 Å². The zero-order chi connectivity index (χ0) is 23.9. The average Bonchev–Trinajstić information content (AvgIpc) is 3.22. The first-order valence-electron chi connectivity index (χ1n) is 12.0. The molecule has 34 heavy (non-hydrogen) atoms. The van der Waals surface area contributed by atoms with Crippen LogP contribution in [0.4, 0.5) is 5.69 Å². The van der Waals surface area contributed by atoms with Crippen molar-refractivity contribution in [3.63, 3.8) is 0 Å². The van der Waals surface area contributed by atoms with Crippen molar-refractivity contribution in [3.05, 3.63) is 71.1 Å². The molecule has 1 aliphatic heterocycles. The lowest BCUT2D eigenvalue weighted by Crippen LogP contribution is -2.45. The number of piperidine rings is 1. The normalized spacial score (nSPS) is 18.0. The molecule has 1 saturated heterocycles. The van der Waals surface area contributed by atoms with Crippen LogP contribution in [0.1, 0.15) is 24.3 Å². The number of carbonyl (C=O) groups is 1. The zero-order valence-electron chi connectivity index (χ0n) is 19.9. The second kappa shape index (κ2) is 11.5. The second-order valence-electron chi connectivity index (χ2n) is 8.99. The number of benzene rings is 2. The molecule has 0 spiro atoms. The largest absolute Gasteiger partial charge is 0.441 e. The third kappa shape index (κ3) is 6.19.